The monoisotopic (exact) mass is 579 g/mol. The van der Waals surface area contributed by atoms with E-state index in [4.69, 9.17) is 5.41 Å². The summed E-state index contributed by atoms with van der Waals surface area (Å²) in [5.74, 6) is -0.712. The lowest BCUT2D eigenvalue weighted by Gasteiger charge is -2.13. The van der Waals surface area contributed by atoms with Crippen molar-refractivity contribution in [1.82, 2.24) is 25.5 Å². The largest absolute Gasteiger partial charge is 0.388 e. The van der Waals surface area contributed by atoms with Crippen molar-refractivity contribution < 1.29 is 9.59 Å². The van der Waals surface area contributed by atoms with E-state index in [9.17, 15) is 9.59 Å². The van der Waals surface area contributed by atoms with Crippen molar-refractivity contribution in [2.75, 3.05) is 20.1 Å². The van der Waals surface area contributed by atoms with Gasteiger partial charge in [0.2, 0.25) is 0 Å². The van der Waals surface area contributed by atoms with Crippen molar-refractivity contribution in [3.63, 3.8) is 0 Å². The van der Waals surface area contributed by atoms with Gasteiger partial charge in [-0.1, -0.05) is 70.7 Å². The van der Waals surface area contributed by atoms with Gasteiger partial charge in [0.1, 0.15) is 5.49 Å². The lowest BCUT2D eigenvalue weighted by atomic mass is 10.1. The first-order valence-electron chi connectivity index (χ1n) is 14.5. The summed E-state index contributed by atoms with van der Waals surface area (Å²) in [5.41, 5.74) is 7.78. The van der Waals surface area contributed by atoms with Crippen molar-refractivity contribution in [1.29, 1.82) is 5.41 Å². The molecule has 2 amide bonds. The molecule has 0 saturated carbocycles. The highest BCUT2D eigenvalue weighted by molar-refractivity contribution is 5.99. The van der Waals surface area contributed by atoms with Crippen LogP contribution in [0.1, 0.15) is 80.7 Å². The zero-order valence-corrected chi connectivity index (χ0v) is 26.7. The van der Waals surface area contributed by atoms with Gasteiger partial charge in [0.05, 0.1) is 11.1 Å². The minimum atomic E-state index is -0.397. The molecular weight excluding hydrogens is 526 g/mol. The lowest BCUT2D eigenvalue weighted by molar-refractivity contribution is 0.0950. The Morgan fingerprint density at radius 1 is 1.00 bits per heavy atom. The van der Waals surface area contributed by atoms with E-state index in [-0.39, 0.29) is 17.0 Å². The fourth-order valence-electron chi connectivity index (χ4n) is 3.22. The molecule has 0 aliphatic rings. The molecule has 0 aromatic carbocycles. The lowest BCUT2D eigenvalue weighted by Crippen LogP contribution is -2.35. The first kappa shape index (κ1) is 39.9. The number of carbonyl (C=O) groups is 2. The molecule has 2 aromatic heterocycles. The molecule has 9 heteroatoms. The minimum Gasteiger partial charge on any atom is -0.388 e. The number of nitrogens with two attached hydrogens (primary N) is 1. The molecule has 0 atom stereocenters. The normalized spacial score (nSPS) is 9.81. The summed E-state index contributed by atoms with van der Waals surface area (Å²) < 4.78 is 1.58. The van der Waals surface area contributed by atoms with Crippen molar-refractivity contribution >= 4 is 11.8 Å². The number of aryl methyl sites for hydroxylation is 1. The smallest absolute Gasteiger partial charge is 0.255 e. The summed E-state index contributed by atoms with van der Waals surface area (Å²) in [6.07, 6.45) is 14.3. The highest BCUT2D eigenvalue weighted by Gasteiger charge is 2.15. The molecule has 232 valence electrons. The van der Waals surface area contributed by atoms with Crippen LogP contribution in [0.4, 0.5) is 0 Å². The predicted octanol–water partition coefficient (Wildman–Crippen LogP) is 5.24. The van der Waals surface area contributed by atoms with E-state index >= 15 is 0 Å². The summed E-state index contributed by atoms with van der Waals surface area (Å²) in [6.45, 7) is 21.5. The van der Waals surface area contributed by atoms with Crippen LogP contribution in [0.25, 0.3) is 0 Å². The van der Waals surface area contributed by atoms with Crippen LogP contribution in [0.15, 0.2) is 85.5 Å². The maximum atomic E-state index is 12.8. The molecule has 2 heterocycles. The van der Waals surface area contributed by atoms with Crippen LogP contribution in [-0.4, -0.2) is 41.5 Å². The van der Waals surface area contributed by atoms with Gasteiger partial charge in [-0.05, 0) is 51.1 Å². The number of allylic oxidation sites excluding steroid dienone is 4. The molecular formula is C33H53N7O2. The van der Waals surface area contributed by atoms with Crippen molar-refractivity contribution in [2.24, 2.45) is 5.73 Å². The first-order valence-corrected chi connectivity index (χ1v) is 14.5. The van der Waals surface area contributed by atoms with E-state index in [1.165, 1.54) is 13.1 Å². The van der Waals surface area contributed by atoms with Gasteiger partial charge in [0, 0.05) is 56.9 Å². The third kappa shape index (κ3) is 16.8. The van der Waals surface area contributed by atoms with E-state index in [0.717, 1.165) is 29.8 Å². The predicted molar refractivity (Wildman–Crippen MR) is 176 cm³/mol. The van der Waals surface area contributed by atoms with E-state index in [1.54, 1.807) is 23.2 Å². The number of rotatable bonds is 14. The molecule has 2 rings (SSSR count). The molecule has 42 heavy (non-hydrogen) atoms. The van der Waals surface area contributed by atoms with E-state index in [0.29, 0.717) is 31.6 Å². The van der Waals surface area contributed by atoms with Crippen LogP contribution in [0.5, 0.6) is 0 Å². The number of amides is 2. The minimum absolute atomic E-state index is 0.0603. The van der Waals surface area contributed by atoms with Crippen molar-refractivity contribution in [3.05, 3.63) is 108 Å². The molecule has 0 unspecified atom stereocenters. The van der Waals surface area contributed by atoms with Crippen LogP contribution < -0.4 is 27.2 Å². The van der Waals surface area contributed by atoms with Gasteiger partial charge in [-0.25, -0.2) is 0 Å². The molecule has 0 aliphatic carbocycles. The van der Waals surface area contributed by atoms with Crippen molar-refractivity contribution in [3.8, 4) is 0 Å². The summed E-state index contributed by atoms with van der Waals surface area (Å²) in [5, 5.41) is 17.3. The third-order valence-corrected chi connectivity index (χ3v) is 5.21. The highest BCUT2D eigenvalue weighted by Crippen LogP contribution is 2.04. The van der Waals surface area contributed by atoms with Crippen LogP contribution in [0.3, 0.4) is 0 Å². The van der Waals surface area contributed by atoms with Gasteiger partial charge in [0.25, 0.3) is 11.8 Å². The molecule has 0 bridgehead atoms. The maximum Gasteiger partial charge on any atom is 0.255 e. The van der Waals surface area contributed by atoms with Crippen LogP contribution in [0.2, 0.25) is 0 Å². The highest BCUT2D eigenvalue weighted by atomic mass is 16.2. The fourth-order valence-corrected chi connectivity index (χ4v) is 3.22. The fraction of sp³-hybridized carbons (Fsp3) is 0.394. The second kappa shape index (κ2) is 25.7. The molecule has 6 N–H and O–H groups in total. The van der Waals surface area contributed by atoms with Crippen LogP contribution in [0, 0.1) is 5.41 Å². The summed E-state index contributed by atoms with van der Waals surface area (Å²) in [7, 11) is 1.50. The number of hydrogen-bond donors (Lipinski definition) is 5. The topological polar surface area (TPSA) is 138 Å². The van der Waals surface area contributed by atoms with Gasteiger partial charge in [-0.2, -0.15) is 0 Å². The van der Waals surface area contributed by atoms with E-state index in [1.807, 2.05) is 71.9 Å². The number of nitrogens with zero attached hydrogens (tertiary/aromatic N) is 2. The molecule has 0 spiro atoms. The molecule has 9 nitrogen and oxygen atoms in total. The zero-order chi connectivity index (χ0) is 32.3. The van der Waals surface area contributed by atoms with Gasteiger partial charge < -0.3 is 26.3 Å². The Hall–Kier alpha value is -4.24. The zero-order valence-electron chi connectivity index (χ0n) is 26.7. The second-order valence-corrected chi connectivity index (χ2v) is 8.27. The van der Waals surface area contributed by atoms with Gasteiger partial charge in [-0.3, -0.25) is 20.0 Å². The van der Waals surface area contributed by atoms with E-state index in [2.05, 4.69) is 45.9 Å². The molecule has 0 fully saturated rings. The van der Waals surface area contributed by atoms with Gasteiger partial charge in [0.15, 0.2) is 0 Å². The summed E-state index contributed by atoms with van der Waals surface area (Å²) >= 11 is 0. The third-order valence-electron chi connectivity index (χ3n) is 5.21. The van der Waals surface area contributed by atoms with Gasteiger partial charge >= 0.3 is 0 Å². The summed E-state index contributed by atoms with van der Waals surface area (Å²) in [4.78, 5) is 29.5. The van der Waals surface area contributed by atoms with Crippen LogP contribution >= 0.6 is 0 Å². The van der Waals surface area contributed by atoms with Crippen LogP contribution in [-0.2, 0) is 13.1 Å². The Bertz CT molecular complexity index is 1180. The van der Waals surface area contributed by atoms with E-state index < -0.39 is 5.91 Å². The Labute approximate surface area is 253 Å². The number of carbonyl (C=O) groups excluding carboxylic acids is 2. The number of aromatic nitrogens is 2. The Morgan fingerprint density at radius 2 is 1.64 bits per heavy atom. The number of nitrogens with one attached hydrogen (secondary N) is 4. The number of hydrogen-bond acceptors (Lipinski definition) is 6. The average Bonchev–Trinajstić information content (AvgIpc) is 3.02. The van der Waals surface area contributed by atoms with Crippen molar-refractivity contribution in [2.45, 2.75) is 67.5 Å². The molecule has 0 aliphatic heterocycles. The first-order chi connectivity index (χ1) is 20.3. The Balaban J connectivity index is 0. The Morgan fingerprint density at radius 3 is 2.24 bits per heavy atom. The average molecular weight is 580 g/mol. The maximum absolute atomic E-state index is 12.8. The molecule has 0 radical (unpaired) electrons. The quantitative estimate of drug-likeness (QED) is 0.154. The second-order valence-electron chi connectivity index (χ2n) is 8.27. The Kier molecular flexibility index (Phi) is 24.4. The number of pyridine rings is 2. The SMILES string of the molecule is C=C(C)/C=C\C=CCCNC(=C)CCNC(=O)c1cc(C(=O)NCc2ccncc2)cn(CC)c1=N.CC.CC.CN. The molecule has 2 aromatic rings. The summed E-state index contributed by atoms with van der Waals surface area (Å²) in [6, 6.07) is 5.10. The molecule has 0 saturated heterocycles. The standard InChI is InChI=1S/C28H36N6O2.2C2H6.CH5N/c1-5-34-20-24(27(35)33-19-23-12-15-30-16-13-23)18-25(26(34)29)28(36)32-17-11-22(4)31-14-9-7-6-8-10-21(2)3;3*1-2/h6-8,10,12-13,15-16,18,20,29,31H,2,4-5,9,11,14,17,19H2,1,3H3,(H,32,36)(H,33,35);2*1-2H3;2H2,1H3/b7-6?,10-8-,29-26?;;;. The van der Waals surface area contributed by atoms with Gasteiger partial charge in [-0.15, -0.1) is 0 Å².